The lowest BCUT2D eigenvalue weighted by Gasteiger charge is -2.07. The van der Waals surface area contributed by atoms with Gasteiger partial charge < -0.3 is 15.6 Å². The molecule has 0 spiro atoms. The summed E-state index contributed by atoms with van der Waals surface area (Å²) < 4.78 is 5.03. The first-order valence-electron chi connectivity index (χ1n) is 7.47. The van der Waals surface area contributed by atoms with E-state index < -0.39 is 12.0 Å². The van der Waals surface area contributed by atoms with E-state index in [1.54, 1.807) is 38.1 Å². The van der Waals surface area contributed by atoms with Crippen molar-refractivity contribution in [1.82, 2.24) is 0 Å². The molecule has 0 fully saturated rings. The molecule has 122 valence electrons. The van der Waals surface area contributed by atoms with E-state index in [0.717, 1.165) is 0 Å². The van der Waals surface area contributed by atoms with Crippen LogP contribution in [0, 0.1) is 6.92 Å². The molecule has 0 bridgehead atoms. The van der Waals surface area contributed by atoms with Gasteiger partial charge in [-0.1, -0.05) is 30.3 Å². The topological polar surface area (TPSA) is 91.8 Å². The first-order chi connectivity index (χ1) is 11.6. The standard InChI is InChI=1S/C17H15N3O3S/c1-3-23-17(22)15-9(2)11-12(20-18)13(19-16(11)24-15)14(21)10-7-5-4-6-8-10/h4-8,13,19H,3H2,1-2H3. The number of rotatable bonds is 4. The maximum Gasteiger partial charge on any atom is 0.348 e. The molecule has 1 aliphatic rings. The second-order valence-corrected chi connectivity index (χ2v) is 6.29. The van der Waals surface area contributed by atoms with Crippen molar-refractivity contribution in [1.29, 1.82) is 0 Å². The van der Waals surface area contributed by atoms with Crippen LogP contribution in [-0.4, -0.2) is 34.9 Å². The average Bonchev–Trinajstić information content (AvgIpc) is 3.12. The Hall–Kier alpha value is -2.76. The first-order valence-corrected chi connectivity index (χ1v) is 8.28. The van der Waals surface area contributed by atoms with Gasteiger partial charge in [0.05, 0.1) is 6.61 Å². The summed E-state index contributed by atoms with van der Waals surface area (Å²) in [6, 6.07) is 8.03. The van der Waals surface area contributed by atoms with Crippen LogP contribution in [0.25, 0.3) is 5.53 Å². The fraction of sp³-hybridized carbons (Fsp3) is 0.235. The van der Waals surface area contributed by atoms with Gasteiger partial charge in [-0.15, -0.1) is 11.3 Å². The zero-order valence-corrected chi connectivity index (χ0v) is 14.0. The third-order valence-electron chi connectivity index (χ3n) is 3.84. The number of carbonyl (C=O) groups excluding carboxylic acids is 2. The summed E-state index contributed by atoms with van der Waals surface area (Å²) in [7, 11) is 0. The van der Waals surface area contributed by atoms with Gasteiger partial charge in [-0.3, -0.25) is 4.79 Å². The van der Waals surface area contributed by atoms with Crippen molar-refractivity contribution in [3.05, 3.63) is 57.4 Å². The van der Waals surface area contributed by atoms with Gasteiger partial charge in [0.2, 0.25) is 0 Å². The molecule has 0 amide bonds. The Morgan fingerprint density at radius 3 is 2.67 bits per heavy atom. The summed E-state index contributed by atoms with van der Waals surface area (Å²) in [4.78, 5) is 28.4. The largest absolute Gasteiger partial charge is 0.462 e. The number of anilines is 1. The Labute approximate surface area is 142 Å². The monoisotopic (exact) mass is 341 g/mol. The number of fused-ring (bicyclic) bond motifs is 1. The van der Waals surface area contributed by atoms with E-state index in [0.29, 0.717) is 26.6 Å². The molecule has 24 heavy (non-hydrogen) atoms. The van der Waals surface area contributed by atoms with Crippen molar-refractivity contribution < 1.29 is 19.1 Å². The maximum absolute atomic E-state index is 12.7. The highest BCUT2D eigenvalue weighted by Gasteiger charge is 2.44. The van der Waals surface area contributed by atoms with Crippen LogP contribution >= 0.6 is 11.3 Å². The molecule has 6 nitrogen and oxygen atoms in total. The number of nitrogens with zero attached hydrogens (tertiary/aromatic N) is 2. The number of benzene rings is 1. The molecular formula is C17H15N3O3S. The highest BCUT2D eigenvalue weighted by Crippen LogP contribution is 2.39. The van der Waals surface area contributed by atoms with E-state index in [-0.39, 0.29) is 18.1 Å². The third-order valence-corrected chi connectivity index (χ3v) is 5.04. The minimum Gasteiger partial charge on any atom is -0.462 e. The quantitative estimate of drug-likeness (QED) is 0.400. The molecule has 1 aromatic carbocycles. The lowest BCUT2D eigenvalue weighted by atomic mass is 9.98. The number of ketones is 1. The summed E-state index contributed by atoms with van der Waals surface area (Å²) in [6.45, 7) is 3.77. The number of thiophene rings is 1. The normalized spacial score (nSPS) is 15.4. The van der Waals surface area contributed by atoms with Crippen molar-refractivity contribution in [2.75, 3.05) is 11.9 Å². The fourth-order valence-corrected chi connectivity index (χ4v) is 3.86. The van der Waals surface area contributed by atoms with Crippen molar-refractivity contribution in [2.45, 2.75) is 19.9 Å². The van der Waals surface area contributed by atoms with Gasteiger partial charge in [-0.05, 0) is 19.4 Å². The number of hydrogen-bond donors (Lipinski definition) is 1. The predicted molar refractivity (Wildman–Crippen MR) is 90.9 cm³/mol. The minimum absolute atomic E-state index is 0.191. The van der Waals surface area contributed by atoms with Crippen molar-refractivity contribution in [3.63, 3.8) is 0 Å². The molecule has 0 saturated carbocycles. The van der Waals surface area contributed by atoms with Crippen LogP contribution in [0.5, 0.6) is 0 Å². The highest BCUT2D eigenvalue weighted by atomic mass is 32.1. The van der Waals surface area contributed by atoms with Crippen LogP contribution in [0.15, 0.2) is 30.3 Å². The SMILES string of the molecule is CCOC(=O)c1sc2c(c1C)C(=[N+]=[N-])C(C(=O)c1ccccc1)N2. The van der Waals surface area contributed by atoms with Gasteiger partial charge in [0.25, 0.3) is 0 Å². The number of nitrogens with one attached hydrogen (secondary N) is 1. The number of ether oxygens (including phenoxy) is 1. The molecule has 1 N–H and O–H groups in total. The van der Waals surface area contributed by atoms with Crippen LogP contribution in [0.4, 0.5) is 5.00 Å². The van der Waals surface area contributed by atoms with E-state index in [9.17, 15) is 15.1 Å². The lowest BCUT2D eigenvalue weighted by Crippen LogP contribution is -2.33. The zero-order chi connectivity index (χ0) is 17.3. The van der Waals surface area contributed by atoms with Gasteiger partial charge in [0.1, 0.15) is 15.4 Å². The number of carbonyl (C=O) groups is 2. The maximum atomic E-state index is 12.7. The van der Waals surface area contributed by atoms with Crippen LogP contribution in [0.2, 0.25) is 0 Å². The van der Waals surface area contributed by atoms with E-state index >= 15 is 0 Å². The average molecular weight is 341 g/mol. The molecule has 1 unspecified atom stereocenters. The Balaban J connectivity index is 1.97. The Morgan fingerprint density at radius 2 is 2.04 bits per heavy atom. The number of Topliss-reactive ketones (excluding diaryl/α,β-unsaturated/α-hetero) is 1. The van der Waals surface area contributed by atoms with Crippen LogP contribution in [0.1, 0.15) is 38.1 Å². The predicted octanol–water partition coefficient (Wildman–Crippen LogP) is 2.93. The van der Waals surface area contributed by atoms with Gasteiger partial charge >= 0.3 is 11.7 Å². The van der Waals surface area contributed by atoms with Gasteiger partial charge in [-0.25, -0.2) is 4.79 Å². The third kappa shape index (κ3) is 2.54. The Kier molecular flexibility index (Phi) is 4.29. The van der Waals surface area contributed by atoms with E-state index in [2.05, 4.69) is 10.1 Å². The molecule has 1 atom stereocenters. The molecule has 2 aromatic rings. The molecule has 0 saturated heterocycles. The van der Waals surface area contributed by atoms with E-state index in [4.69, 9.17) is 4.74 Å². The summed E-state index contributed by atoms with van der Waals surface area (Å²) in [6.07, 6.45) is 0. The summed E-state index contributed by atoms with van der Waals surface area (Å²) >= 11 is 1.20. The molecule has 0 radical (unpaired) electrons. The lowest BCUT2D eigenvalue weighted by molar-refractivity contribution is -0.00661. The fourth-order valence-electron chi connectivity index (χ4n) is 2.73. The van der Waals surface area contributed by atoms with Crippen LogP contribution in [0.3, 0.4) is 0 Å². The first kappa shape index (κ1) is 16.1. The zero-order valence-electron chi connectivity index (χ0n) is 13.2. The Bertz CT molecular complexity index is 867. The number of esters is 1. The molecule has 0 aliphatic carbocycles. The second-order valence-electron chi connectivity index (χ2n) is 5.27. The van der Waals surface area contributed by atoms with Gasteiger partial charge in [0, 0.05) is 5.56 Å². The molecule has 2 heterocycles. The minimum atomic E-state index is -0.770. The van der Waals surface area contributed by atoms with E-state index in [1.807, 2.05) is 6.07 Å². The smallest absolute Gasteiger partial charge is 0.348 e. The molecule has 7 heteroatoms. The van der Waals surface area contributed by atoms with E-state index in [1.165, 1.54) is 11.3 Å². The summed E-state index contributed by atoms with van der Waals surface area (Å²) in [5, 5.41) is 3.70. The van der Waals surface area contributed by atoms with Crippen molar-refractivity contribution in [3.8, 4) is 0 Å². The molecule has 3 rings (SSSR count). The van der Waals surface area contributed by atoms with Crippen molar-refractivity contribution >= 4 is 33.8 Å². The van der Waals surface area contributed by atoms with Crippen LogP contribution in [-0.2, 0) is 4.74 Å². The number of hydrogen-bond acceptors (Lipinski definition) is 5. The van der Waals surface area contributed by atoms with Gasteiger partial charge in [-0.2, -0.15) is 4.79 Å². The summed E-state index contributed by atoms with van der Waals surface area (Å²) in [5.41, 5.74) is 11.4. The van der Waals surface area contributed by atoms with Crippen LogP contribution < -0.4 is 5.32 Å². The molecule has 1 aromatic heterocycles. The van der Waals surface area contributed by atoms with Crippen molar-refractivity contribution in [2.24, 2.45) is 0 Å². The molecule has 1 aliphatic heterocycles. The molecular weight excluding hydrogens is 326 g/mol. The van der Waals surface area contributed by atoms with Gasteiger partial charge in [0.15, 0.2) is 11.8 Å². The second kappa shape index (κ2) is 6.39. The highest BCUT2D eigenvalue weighted by molar-refractivity contribution is 7.18. The Morgan fingerprint density at radius 1 is 1.33 bits per heavy atom. The summed E-state index contributed by atoms with van der Waals surface area (Å²) in [5.74, 6) is -0.608.